The highest BCUT2D eigenvalue weighted by molar-refractivity contribution is 5.70. The molecule has 4 rings (SSSR count). The first-order valence-electron chi connectivity index (χ1n) is 8.76. The molecule has 1 atom stereocenters. The van der Waals surface area contributed by atoms with E-state index < -0.39 is 0 Å². The van der Waals surface area contributed by atoms with E-state index in [2.05, 4.69) is 46.3 Å². The maximum atomic E-state index is 9.29. The van der Waals surface area contributed by atoms with Crippen molar-refractivity contribution in [3.8, 4) is 17.2 Å². The van der Waals surface area contributed by atoms with E-state index in [1.807, 2.05) is 6.07 Å². The summed E-state index contributed by atoms with van der Waals surface area (Å²) < 4.78 is 0. The molecule has 0 N–H and O–H groups in total. The summed E-state index contributed by atoms with van der Waals surface area (Å²) in [6.45, 7) is 2.45. The van der Waals surface area contributed by atoms with E-state index >= 15 is 0 Å². The number of rotatable bonds is 2. The van der Waals surface area contributed by atoms with Crippen LogP contribution in [0.3, 0.4) is 0 Å². The molecule has 1 aliphatic heterocycles. The molecule has 1 saturated heterocycles. The lowest BCUT2D eigenvalue weighted by molar-refractivity contribution is 0.201. The minimum Gasteiger partial charge on any atom is -0.297 e. The first-order valence-corrected chi connectivity index (χ1v) is 8.76. The van der Waals surface area contributed by atoms with E-state index in [4.69, 9.17) is 0 Å². The Balaban J connectivity index is 1.69. The van der Waals surface area contributed by atoms with Crippen LogP contribution in [-0.4, -0.2) is 29.0 Å². The van der Waals surface area contributed by atoms with Crippen LogP contribution in [0.1, 0.15) is 31.2 Å². The van der Waals surface area contributed by atoms with Gasteiger partial charge in [0.05, 0.1) is 5.56 Å². The second kappa shape index (κ2) is 6.59. The Labute approximate surface area is 142 Å². The molecule has 24 heavy (non-hydrogen) atoms. The Hall–Kier alpha value is -2.44. The molecule has 120 valence electrons. The fourth-order valence-corrected chi connectivity index (χ4v) is 3.83. The summed E-state index contributed by atoms with van der Waals surface area (Å²) in [5.41, 5.74) is 2.68. The molecule has 3 nitrogen and oxygen atoms in total. The van der Waals surface area contributed by atoms with Crippen LogP contribution in [0.2, 0.25) is 0 Å². The van der Waals surface area contributed by atoms with Crippen molar-refractivity contribution in [1.29, 1.82) is 5.26 Å². The van der Waals surface area contributed by atoms with Gasteiger partial charge in [-0.25, -0.2) is 0 Å². The molecule has 1 aromatic heterocycles. The molecule has 3 heteroatoms. The number of nitriles is 1. The van der Waals surface area contributed by atoms with Gasteiger partial charge in [-0.15, -0.1) is 0 Å². The summed E-state index contributed by atoms with van der Waals surface area (Å²) in [5, 5.41) is 11.9. The monoisotopic (exact) mass is 315 g/mol. The average Bonchev–Trinajstić information content (AvgIpc) is 2.68. The number of fused-ring (bicyclic) bond motifs is 1. The molecule has 1 fully saturated rings. The average molecular weight is 315 g/mol. The number of pyridine rings is 1. The van der Waals surface area contributed by atoms with Crippen LogP contribution in [0, 0.1) is 11.3 Å². The largest absolute Gasteiger partial charge is 0.297 e. The van der Waals surface area contributed by atoms with Crippen LogP contribution in [-0.2, 0) is 0 Å². The maximum absolute atomic E-state index is 9.29. The van der Waals surface area contributed by atoms with Gasteiger partial charge in [0, 0.05) is 24.0 Å². The molecule has 2 heterocycles. The molecular formula is C21H21N3. The molecule has 0 bridgehead atoms. The quantitative estimate of drug-likeness (QED) is 0.854. The summed E-state index contributed by atoms with van der Waals surface area (Å²) >= 11 is 0. The first-order chi connectivity index (χ1) is 11.8. The number of hydrogen-bond donors (Lipinski definition) is 0. The number of benzene rings is 1. The van der Waals surface area contributed by atoms with E-state index in [-0.39, 0.29) is 0 Å². The first kappa shape index (κ1) is 15.1. The van der Waals surface area contributed by atoms with Gasteiger partial charge in [0.1, 0.15) is 6.07 Å². The van der Waals surface area contributed by atoms with Gasteiger partial charge >= 0.3 is 0 Å². The minimum absolute atomic E-state index is 0.541. The summed E-state index contributed by atoms with van der Waals surface area (Å²) in [6.07, 6.45) is 13.3. The number of nitrogens with zero attached hydrogens (tertiary/aromatic N) is 3. The molecule has 1 aromatic carbocycles. The molecule has 1 unspecified atom stereocenters. The third-order valence-corrected chi connectivity index (χ3v) is 5.15. The van der Waals surface area contributed by atoms with Crippen molar-refractivity contribution < 1.29 is 0 Å². The Morgan fingerprint density at radius 1 is 1.08 bits per heavy atom. The lowest BCUT2D eigenvalue weighted by Crippen LogP contribution is -2.42. The number of piperidine rings is 1. The lowest BCUT2D eigenvalue weighted by atomic mass is 9.96. The van der Waals surface area contributed by atoms with E-state index in [1.165, 1.54) is 42.8 Å². The molecular weight excluding hydrogens is 294 g/mol. The van der Waals surface area contributed by atoms with Crippen LogP contribution in [0.4, 0.5) is 0 Å². The van der Waals surface area contributed by atoms with E-state index in [0.717, 1.165) is 17.5 Å². The Bertz CT molecular complexity index is 901. The van der Waals surface area contributed by atoms with Gasteiger partial charge in [0.15, 0.2) is 0 Å². The van der Waals surface area contributed by atoms with E-state index in [1.54, 1.807) is 12.4 Å². The van der Waals surface area contributed by atoms with Crippen LogP contribution in [0.5, 0.6) is 0 Å². The Morgan fingerprint density at radius 3 is 2.79 bits per heavy atom. The molecule has 0 amide bonds. The second-order valence-electron chi connectivity index (χ2n) is 6.65. The molecule has 2 aromatic rings. The van der Waals surface area contributed by atoms with Crippen LogP contribution >= 0.6 is 0 Å². The van der Waals surface area contributed by atoms with E-state index in [0.29, 0.717) is 11.6 Å². The predicted molar refractivity (Wildman–Crippen MR) is 96.4 cm³/mol. The second-order valence-corrected chi connectivity index (χ2v) is 6.65. The number of aromatic nitrogens is 1. The van der Waals surface area contributed by atoms with Crippen molar-refractivity contribution in [2.24, 2.45) is 0 Å². The van der Waals surface area contributed by atoms with Crippen molar-refractivity contribution >= 4 is 12.2 Å². The summed E-state index contributed by atoms with van der Waals surface area (Å²) in [5.74, 6) is 0. The topological polar surface area (TPSA) is 39.9 Å². The van der Waals surface area contributed by atoms with Crippen molar-refractivity contribution in [3.63, 3.8) is 0 Å². The van der Waals surface area contributed by atoms with Gasteiger partial charge in [-0.1, -0.05) is 30.7 Å². The summed E-state index contributed by atoms with van der Waals surface area (Å²) in [7, 11) is 0. The summed E-state index contributed by atoms with van der Waals surface area (Å²) in [6, 6.07) is 11.2. The normalized spacial score (nSPS) is 20.4. The highest BCUT2D eigenvalue weighted by Crippen LogP contribution is 2.21. The minimum atomic E-state index is 0.541. The lowest BCUT2D eigenvalue weighted by Gasteiger charge is -2.33. The molecule has 2 aliphatic rings. The molecule has 0 saturated carbocycles. The zero-order valence-electron chi connectivity index (χ0n) is 13.8. The van der Waals surface area contributed by atoms with Crippen molar-refractivity contribution in [3.05, 3.63) is 52.7 Å². The maximum Gasteiger partial charge on any atom is 0.101 e. The van der Waals surface area contributed by atoms with Crippen molar-refractivity contribution in [2.45, 2.75) is 31.7 Å². The SMILES string of the molecule is N#Cc1cnccc1-c1ccc2c(c1)=CCC(N1CCCCC1)C=2. The standard InChI is InChI=1S/C21H21N3/c22-14-19-15-23-9-8-21(19)18-5-4-17-13-20(7-6-16(17)12-18)24-10-2-1-3-11-24/h4-6,8-9,12-13,15,20H,1-3,7,10-11H2. The third-order valence-electron chi connectivity index (χ3n) is 5.15. The van der Waals surface area contributed by atoms with Gasteiger partial charge in [0.2, 0.25) is 0 Å². The van der Waals surface area contributed by atoms with Crippen molar-refractivity contribution in [1.82, 2.24) is 9.88 Å². The fraction of sp³-hybridized carbons (Fsp3) is 0.333. The van der Waals surface area contributed by atoms with Gasteiger partial charge in [-0.2, -0.15) is 5.26 Å². The smallest absolute Gasteiger partial charge is 0.101 e. The Kier molecular flexibility index (Phi) is 4.15. The number of hydrogen-bond acceptors (Lipinski definition) is 3. The van der Waals surface area contributed by atoms with Crippen LogP contribution < -0.4 is 10.4 Å². The zero-order valence-corrected chi connectivity index (χ0v) is 13.8. The highest BCUT2D eigenvalue weighted by atomic mass is 15.2. The van der Waals surface area contributed by atoms with Crippen LogP contribution in [0.25, 0.3) is 23.3 Å². The molecule has 0 radical (unpaired) electrons. The van der Waals surface area contributed by atoms with Gasteiger partial charge < -0.3 is 0 Å². The van der Waals surface area contributed by atoms with Gasteiger partial charge in [-0.05, 0) is 60.5 Å². The van der Waals surface area contributed by atoms with Gasteiger partial charge in [-0.3, -0.25) is 9.88 Å². The Morgan fingerprint density at radius 2 is 1.96 bits per heavy atom. The third kappa shape index (κ3) is 2.86. The summed E-state index contributed by atoms with van der Waals surface area (Å²) in [4.78, 5) is 6.67. The van der Waals surface area contributed by atoms with Crippen molar-refractivity contribution in [2.75, 3.05) is 13.1 Å². The predicted octanol–water partition coefficient (Wildman–Crippen LogP) is 2.44. The molecule has 1 aliphatic carbocycles. The molecule has 0 spiro atoms. The van der Waals surface area contributed by atoms with Gasteiger partial charge in [0.25, 0.3) is 0 Å². The highest BCUT2D eigenvalue weighted by Gasteiger charge is 2.19. The zero-order chi connectivity index (χ0) is 16.4. The van der Waals surface area contributed by atoms with E-state index in [9.17, 15) is 5.26 Å². The fourth-order valence-electron chi connectivity index (χ4n) is 3.83. The number of likely N-dealkylation sites (tertiary alicyclic amines) is 1. The van der Waals surface area contributed by atoms with Crippen LogP contribution in [0.15, 0.2) is 36.7 Å².